The first-order chi connectivity index (χ1) is 43.5. The Morgan fingerprint density at radius 2 is 0.602 bits per heavy atom. The van der Waals surface area contributed by atoms with E-state index in [1.807, 2.05) is 0 Å². The van der Waals surface area contributed by atoms with E-state index in [4.69, 9.17) is 0 Å². The summed E-state index contributed by atoms with van der Waals surface area (Å²) in [6.45, 7) is 0. The maximum absolute atomic E-state index is 2.39. The number of imidazole rings is 2. The van der Waals surface area contributed by atoms with Gasteiger partial charge in [0.15, 0.2) is 22.1 Å². The summed E-state index contributed by atoms with van der Waals surface area (Å²) >= 11 is 0. The van der Waals surface area contributed by atoms with E-state index in [0.717, 1.165) is 79.0 Å². The van der Waals surface area contributed by atoms with Crippen LogP contribution < -0.4 is 18.9 Å². The average molecular weight is 1130 g/mol. The van der Waals surface area contributed by atoms with Gasteiger partial charge in [-0.3, -0.25) is 0 Å². The number of aryl methyl sites for hydroxylation is 2. The number of rotatable bonds is 12. The number of fused-ring (bicyclic) bond motifs is 6. The Morgan fingerprint density at radius 1 is 0.273 bits per heavy atom. The molecule has 16 rings (SSSR count). The molecule has 0 saturated carbocycles. The van der Waals surface area contributed by atoms with E-state index < -0.39 is 0 Å². The lowest BCUT2D eigenvalue weighted by molar-refractivity contribution is -0.633. The fraction of sp³-hybridized carbons (Fsp3) is 0.0244. The molecule has 0 radical (unpaired) electrons. The van der Waals surface area contributed by atoms with Gasteiger partial charge in [0.25, 0.3) is 11.6 Å². The van der Waals surface area contributed by atoms with Crippen LogP contribution in [0.4, 0.5) is 34.1 Å². The highest BCUT2D eigenvalue weighted by Crippen LogP contribution is 2.43. The zero-order valence-electron chi connectivity index (χ0n) is 48.9. The van der Waals surface area contributed by atoms with Crippen LogP contribution in [-0.4, -0.2) is 9.13 Å². The van der Waals surface area contributed by atoms with Gasteiger partial charge < -0.3 is 9.80 Å². The predicted molar refractivity (Wildman–Crippen MR) is 368 cm³/mol. The van der Waals surface area contributed by atoms with E-state index in [0.29, 0.717) is 0 Å². The molecule has 6 heteroatoms. The second-order valence-corrected chi connectivity index (χ2v) is 22.8. The topological polar surface area (TPSA) is 24.1 Å². The summed E-state index contributed by atoms with van der Waals surface area (Å²) in [5, 5.41) is 9.52. The highest BCUT2D eigenvalue weighted by molar-refractivity contribution is 6.02. The smallest absolute Gasteiger partial charge is 0.295 e. The molecule has 0 atom stereocenters. The van der Waals surface area contributed by atoms with Gasteiger partial charge in [0.1, 0.15) is 11.4 Å². The first-order valence-electron chi connectivity index (χ1n) is 30.1. The van der Waals surface area contributed by atoms with Gasteiger partial charge in [-0.25, -0.2) is 9.13 Å². The third-order valence-electron chi connectivity index (χ3n) is 17.5. The monoisotopic (exact) mass is 1130 g/mol. The Morgan fingerprint density at radius 3 is 1.02 bits per heavy atom. The molecule has 0 bridgehead atoms. The van der Waals surface area contributed by atoms with E-state index in [9.17, 15) is 0 Å². The number of nitrogens with zero attached hydrogens (tertiary/aromatic N) is 6. The Bertz CT molecular complexity index is 5010. The van der Waals surface area contributed by atoms with E-state index in [1.54, 1.807) is 0 Å². The molecule has 0 N–H and O–H groups in total. The maximum Gasteiger partial charge on any atom is 0.295 e. The second-order valence-electron chi connectivity index (χ2n) is 22.8. The van der Waals surface area contributed by atoms with Crippen LogP contribution in [-0.2, 0) is 14.1 Å². The van der Waals surface area contributed by atoms with Gasteiger partial charge in [0.2, 0.25) is 0 Å². The molecule has 0 unspecified atom stereocenters. The molecule has 88 heavy (non-hydrogen) atoms. The van der Waals surface area contributed by atoms with Crippen molar-refractivity contribution >= 4 is 111 Å². The van der Waals surface area contributed by atoms with Crippen molar-refractivity contribution in [2.75, 3.05) is 9.80 Å². The lowest BCUT2D eigenvalue weighted by Gasteiger charge is -2.26. The van der Waals surface area contributed by atoms with Crippen molar-refractivity contribution in [2.45, 2.75) is 0 Å². The predicted octanol–water partition coefficient (Wildman–Crippen LogP) is 20.3. The number of anilines is 6. The molecule has 2 heterocycles. The largest absolute Gasteiger partial charge is 0.310 e. The first kappa shape index (κ1) is 52.0. The van der Waals surface area contributed by atoms with Gasteiger partial charge >= 0.3 is 0 Å². The standard InChI is InChI=1S/C82H60N6/c1-83-77-31-13-15-33-79(77)87(65-25-5-3-6-26-65)81(83)75-29-17-23-63-55-71(49-51-73(63)75)85(69-47-41-59-19-9-11-21-61(59)53-69)67-43-37-57(38-44-67)35-36-58-39-45-68(46-40-58)86(70-48-42-60-20-10-12-22-62(60)54-70)72-50-52-74-64(56-72)24-18-30-76(74)82-84(2)78-32-14-16-34-80(78)88(82)66-27-7-4-8-28-66/h3-56H,1-2H3/q+2/b36-35+. The van der Waals surface area contributed by atoms with Crippen LogP contribution in [0.15, 0.2) is 315 Å². The van der Waals surface area contributed by atoms with Gasteiger partial charge in [0.05, 0.1) is 25.2 Å². The number of hydrogen-bond acceptors (Lipinski definition) is 2. The van der Waals surface area contributed by atoms with Gasteiger partial charge in [-0.15, -0.1) is 0 Å². The fourth-order valence-electron chi connectivity index (χ4n) is 13.3. The van der Waals surface area contributed by atoms with Crippen molar-refractivity contribution in [2.24, 2.45) is 14.1 Å². The zero-order valence-corrected chi connectivity index (χ0v) is 48.9. The van der Waals surface area contributed by atoms with Crippen molar-refractivity contribution < 1.29 is 9.13 Å². The number of para-hydroxylation sites is 6. The van der Waals surface area contributed by atoms with Crippen molar-refractivity contribution in [1.82, 2.24) is 9.13 Å². The van der Waals surface area contributed by atoms with Crippen LogP contribution in [0.25, 0.3) is 111 Å². The van der Waals surface area contributed by atoms with Gasteiger partial charge in [-0.2, -0.15) is 9.13 Å². The van der Waals surface area contributed by atoms with Gasteiger partial charge in [0, 0.05) is 34.1 Å². The van der Waals surface area contributed by atoms with Crippen molar-refractivity contribution in [1.29, 1.82) is 0 Å². The third-order valence-corrected chi connectivity index (χ3v) is 17.5. The second kappa shape index (κ2) is 21.8. The lowest BCUT2D eigenvalue weighted by Crippen LogP contribution is -2.30. The lowest BCUT2D eigenvalue weighted by atomic mass is 10.0. The molecule has 0 amide bonds. The van der Waals surface area contributed by atoms with E-state index in [2.05, 4.69) is 370 Å². The number of hydrogen-bond donors (Lipinski definition) is 0. The molecule has 0 spiro atoms. The third kappa shape index (κ3) is 9.14. The van der Waals surface area contributed by atoms with Gasteiger partial charge in [-0.1, -0.05) is 194 Å². The molecule has 16 aromatic rings. The van der Waals surface area contributed by atoms with E-state index in [1.165, 1.54) is 65.5 Å². The molecule has 0 aliphatic carbocycles. The Hall–Kier alpha value is -11.6. The van der Waals surface area contributed by atoms with Crippen LogP contribution in [0.1, 0.15) is 11.1 Å². The molecule has 0 aliphatic heterocycles. The van der Waals surface area contributed by atoms with Crippen LogP contribution in [0.2, 0.25) is 0 Å². The summed E-state index contributed by atoms with van der Waals surface area (Å²) < 4.78 is 9.43. The number of aromatic nitrogens is 4. The molecule has 14 aromatic carbocycles. The van der Waals surface area contributed by atoms with E-state index in [-0.39, 0.29) is 0 Å². The van der Waals surface area contributed by atoms with Crippen LogP contribution in [0, 0.1) is 0 Å². The summed E-state index contributed by atoms with van der Waals surface area (Å²) in [5.41, 5.74) is 18.0. The minimum absolute atomic E-state index is 1.07. The Kier molecular flexibility index (Phi) is 12.9. The summed E-state index contributed by atoms with van der Waals surface area (Å²) in [6, 6.07) is 115. The normalized spacial score (nSPS) is 11.7. The molecule has 0 saturated heterocycles. The highest BCUT2D eigenvalue weighted by atomic mass is 15.2. The maximum atomic E-state index is 2.39. The van der Waals surface area contributed by atoms with Crippen LogP contribution >= 0.6 is 0 Å². The van der Waals surface area contributed by atoms with E-state index >= 15 is 0 Å². The highest BCUT2D eigenvalue weighted by Gasteiger charge is 2.29. The molecular weight excluding hydrogens is 1070 g/mol. The molecule has 0 aliphatic rings. The summed E-state index contributed by atoms with van der Waals surface area (Å²) in [6.07, 6.45) is 4.43. The Labute approximate surface area is 511 Å². The Balaban J connectivity index is 0.729. The number of benzene rings is 14. The summed E-state index contributed by atoms with van der Waals surface area (Å²) in [7, 11) is 4.36. The average Bonchev–Trinajstić information content (AvgIpc) is 1.73. The minimum atomic E-state index is 1.07. The summed E-state index contributed by atoms with van der Waals surface area (Å²) in [4.78, 5) is 4.76. The van der Waals surface area contributed by atoms with Crippen molar-refractivity contribution in [3.05, 3.63) is 327 Å². The quantitative estimate of drug-likeness (QED) is 0.0899. The molecule has 0 fully saturated rings. The van der Waals surface area contributed by atoms with Crippen LogP contribution in [0.5, 0.6) is 0 Å². The van der Waals surface area contributed by atoms with Crippen molar-refractivity contribution in [3.8, 4) is 34.2 Å². The summed E-state index contributed by atoms with van der Waals surface area (Å²) in [5.74, 6) is 2.26. The minimum Gasteiger partial charge on any atom is -0.310 e. The first-order valence-corrected chi connectivity index (χ1v) is 30.1. The molecule has 416 valence electrons. The zero-order chi connectivity index (χ0) is 58.7. The molecule has 2 aromatic heterocycles. The SMILES string of the molecule is C[n+]1c(-c2cccc3cc(N(c4ccc(/C=C/c5ccc(N(c6ccc7ccccc7c6)c6ccc7c(-c8n(-c9ccccc9)c9ccccc9[n+]8C)cccc7c6)cc5)cc4)c4ccc5ccccc5c4)ccc23)n(-c2ccccc2)c2ccccc21. The van der Waals surface area contributed by atoms with Crippen LogP contribution in [0.3, 0.4) is 0 Å². The molecule has 6 nitrogen and oxygen atoms in total. The molecular formula is C82H60N6+2. The van der Waals surface area contributed by atoms with Gasteiger partial charge in [-0.05, 0) is 188 Å². The van der Waals surface area contributed by atoms with Crippen molar-refractivity contribution in [3.63, 3.8) is 0 Å². The fourth-order valence-corrected chi connectivity index (χ4v) is 13.3.